The Bertz CT molecular complexity index is 1340. The quantitative estimate of drug-likeness (QED) is 0.374. The fourth-order valence-corrected chi connectivity index (χ4v) is 6.22. The number of amides is 1. The Labute approximate surface area is 224 Å². The smallest absolute Gasteiger partial charge is 0.246 e. The second-order valence-corrected chi connectivity index (χ2v) is 11.6. The number of methoxy groups -OCH3 is 1. The number of sulfonamides is 1. The topological polar surface area (TPSA) is 103 Å². The molecule has 38 heavy (non-hydrogen) atoms. The van der Waals surface area contributed by atoms with E-state index in [4.69, 9.17) is 14.5 Å². The number of aromatic nitrogens is 2. The number of imidazole rings is 1. The van der Waals surface area contributed by atoms with Crippen LogP contribution in [0.1, 0.15) is 35.4 Å². The number of likely N-dealkylation sites (N-methyl/N-ethyl adjacent to an activating group) is 1. The van der Waals surface area contributed by atoms with Crippen LogP contribution in [-0.4, -0.2) is 62.1 Å². The summed E-state index contributed by atoms with van der Waals surface area (Å²) < 4.78 is 40.3. The summed E-state index contributed by atoms with van der Waals surface area (Å²) >= 11 is 0. The molecule has 1 aliphatic rings. The van der Waals surface area contributed by atoms with Crippen molar-refractivity contribution in [3.8, 4) is 17.0 Å². The lowest BCUT2D eigenvalue weighted by molar-refractivity contribution is -0.125. The van der Waals surface area contributed by atoms with Crippen molar-refractivity contribution in [3.63, 3.8) is 0 Å². The molecule has 0 unspecified atom stereocenters. The number of carbonyl (C=O) groups is 1. The standard InChI is InChI=1S/C28H36N4O5S/c1-20-15-24(36-4)16-21(2)28(20)38(34,35)31(3)13-14-37-19-27(33)29-17-22-8-10-23(11-9-22)25-18-32-12-6-5-7-26(32)30-25/h8-11,15-16,18H,5-7,12-14,17,19H2,1-4H3,(H,29,33). The summed E-state index contributed by atoms with van der Waals surface area (Å²) in [6.45, 7) is 4.98. The van der Waals surface area contributed by atoms with E-state index in [1.165, 1.54) is 24.2 Å². The van der Waals surface area contributed by atoms with Gasteiger partial charge in [-0.05, 0) is 55.5 Å². The van der Waals surface area contributed by atoms with Crippen molar-refractivity contribution in [2.24, 2.45) is 0 Å². The zero-order chi connectivity index (χ0) is 27.3. The van der Waals surface area contributed by atoms with Gasteiger partial charge in [0.2, 0.25) is 15.9 Å². The minimum absolute atomic E-state index is 0.0979. The molecule has 0 aliphatic carbocycles. The molecule has 0 radical (unpaired) electrons. The highest BCUT2D eigenvalue weighted by atomic mass is 32.2. The average molecular weight is 541 g/mol. The Kier molecular flexibility index (Phi) is 8.86. The molecule has 2 aromatic carbocycles. The van der Waals surface area contributed by atoms with Gasteiger partial charge in [0.25, 0.3) is 0 Å². The van der Waals surface area contributed by atoms with Crippen LogP contribution in [0.2, 0.25) is 0 Å². The van der Waals surface area contributed by atoms with Crippen LogP contribution < -0.4 is 10.1 Å². The van der Waals surface area contributed by atoms with Crippen molar-refractivity contribution in [3.05, 3.63) is 65.1 Å². The van der Waals surface area contributed by atoms with Gasteiger partial charge in [-0.15, -0.1) is 0 Å². The molecule has 0 atom stereocenters. The first kappa shape index (κ1) is 27.8. The first-order chi connectivity index (χ1) is 18.2. The number of nitrogens with zero attached hydrogens (tertiary/aromatic N) is 3. The van der Waals surface area contributed by atoms with Crippen molar-refractivity contribution in [2.75, 3.05) is 33.9 Å². The number of aryl methyl sites for hydroxylation is 4. The van der Waals surface area contributed by atoms with Crippen molar-refractivity contribution in [1.29, 1.82) is 0 Å². The van der Waals surface area contributed by atoms with E-state index in [9.17, 15) is 13.2 Å². The van der Waals surface area contributed by atoms with Crippen molar-refractivity contribution in [2.45, 2.75) is 51.1 Å². The fourth-order valence-electron chi connectivity index (χ4n) is 4.67. The highest BCUT2D eigenvalue weighted by molar-refractivity contribution is 7.89. The number of hydrogen-bond acceptors (Lipinski definition) is 6. The zero-order valence-corrected chi connectivity index (χ0v) is 23.3. The van der Waals surface area contributed by atoms with E-state index in [-0.39, 0.29) is 30.6 Å². The molecule has 1 N–H and O–H groups in total. The van der Waals surface area contributed by atoms with Crippen LogP contribution in [-0.2, 0) is 39.1 Å². The molecule has 0 saturated heterocycles. The molecule has 3 aromatic rings. The van der Waals surface area contributed by atoms with Gasteiger partial charge in [0, 0.05) is 44.9 Å². The molecule has 4 rings (SSSR count). The molecule has 1 aliphatic heterocycles. The number of benzene rings is 2. The van der Waals surface area contributed by atoms with Crippen LogP contribution in [0.25, 0.3) is 11.3 Å². The van der Waals surface area contributed by atoms with Crippen LogP contribution in [0.15, 0.2) is 47.5 Å². The van der Waals surface area contributed by atoms with Gasteiger partial charge < -0.3 is 19.4 Å². The predicted octanol–water partition coefficient (Wildman–Crippen LogP) is 3.47. The summed E-state index contributed by atoms with van der Waals surface area (Å²) in [6.07, 6.45) is 5.53. The molecule has 10 heteroatoms. The van der Waals surface area contributed by atoms with Gasteiger partial charge in [-0.1, -0.05) is 24.3 Å². The summed E-state index contributed by atoms with van der Waals surface area (Å²) in [5.74, 6) is 1.50. The number of hydrogen-bond donors (Lipinski definition) is 1. The lowest BCUT2D eigenvalue weighted by Crippen LogP contribution is -2.33. The zero-order valence-electron chi connectivity index (χ0n) is 22.5. The summed E-state index contributed by atoms with van der Waals surface area (Å²) in [7, 11) is -0.654. The van der Waals surface area contributed by atoms with Crippen molar-refractivity contribution < 1.29 is 22.7 Å². The summed E-state index contributed by atoms with van der Waals surface area (Å²) in [6, 6.07) is 11.4. The van der Waals surface area contributed by atoms with Gasteiger partial charge in [-0.3, -0.25) is 4.79 Å². The van der Waals surface area contributed by atoms with Crippen LogP contribution in [0.4, 0.5) is 0 Å². The Morgan fingerprint density at radius 2 is 1.84 bits per heavy atom. The molecule has 0 fully saturated rings. The van der Waals surface area contributed by atoms with Gasteiger partial charge in [0.05, 0.1) is 24.3 Å². The number of nitrogens with one attached hydrogen (secondary N) is 1. The third-order valence-corrected chi connectivity index (χ3v) is 8.93. The molecule has 2 heterocycles. The van der Waals surface area contributed by atoms with Crippen LogP contribution in [0.3, 0.4) is 0 Å². The summed E-state index contributed by atoms with van der Waals surface area (Å²) in [5.41, 5.74) is 4.25. The number of fused-ring (bicyclic) bond motifs is 1. The lowest BCUT2D eigenvalue weighted by Gasteiger charge is -2.20. The molecule has 1 amide bonds. The molecular formula is C28H36N4O5S. The largest absolute Gasteiger partial charge is 0.497 e. The average Bonchev–Trinajstić information content (AvgIpc) is 3.34. The Hall–Kier alpha value is -3.21. The van der Waals surface area contributed by atoms with Gasteiger partial charge in [0.15, 0.2) is 0 Å². The van der Waals surface area contributed by atoms with E-state index in [2.05, 4.69) is 16.1 Å². The molecular weight excluding hydrogens is 504 g/mol. The number of ether oxygens (including phenoxy) is 2. The summed E-state index contributed by atoms with van der Waals surface area (Å²) in [5, 5.41) is 2.84. The highest BCUT2D eigenvalue weighted by Gasteiger charge is 2.25. The highest BCUT2D eigenvalue weighted by Crippen LogP contribution is 2.27. The first-order valence-electron chi connectivity index (χ1n) is 12.8. The maximum Gasteiger partial charge on any atom is 0.246 e. The third kappa shape index (κ3) is 6.43. The van der Waals surface area contributed by atoms with E-state index in [1.807, 2.05) is 24.3 Å². The molecule has 204 valence electrons. The van der Waals surface area contributed by atoms with Crippen molar-refractivity contribution in [1.82, 2.24) is 19.2 Å². The molecule has 1 aromatic heterocycles. The number of rotatable bonds is 11. The maximum absolute atomic E-state index is 13.1. The molecule has 9 nitrogen and oxygen atoms in total. The lowest BCUT2D eigenvalue weighted by atomic mass is 10.1. The van der Waals surface area contributed by atoms with Crippen LogP contribution in [0.5, 0.6) is 5.75 Å². The molecule has 0 spiro atoms. The van der Waals surface area contributed by atoms with E-state index in [1.54, 1.807) is 33.1 Å². The van der Waals surface area contributed by atoms with Gasteiger partial charge in [-0.2, -0.15) is 4.31 Å². The second-order valence-electron chi connectivity index (χ2n) is 9.64. The number of carbonyl (C=O) groups excluding carboxylic acids is 1. The normalized spacial score (nSPS) is 13.4. The van der Waals surface area contributed by atoms with E-state index in [0.717, 1.165) is 35.6 Å². The monoisotopic (exact) mass is 540 g/mol. The van der Waals surface area contributed by atoms with Gasteiger partial charge in [-0.25, -0.2) is 13.4 Å². The Balaban J connectivity index is 1.21. The van der Waals surface area contributed by atoms with Gasteiger partial charge >= 0.3 is 0 Å². The molecule has 0 saturated carbocycles. The second kappa shape index (κ2) is 12.1. The first-order valence-corrected chi connectivity index (χ1v) is 14.2. The Morgan fingerprint density at radius 3 is 2.50 bits per heavy atom. The fraction of sp³-hybridized carbons (Fsp3) is 0.429. The summed E-state index contributed by atoms with van der Waals surface area (Å²) in [4.78, 5) is 17.3. The van der Waals surface area contributed by atoms with Gasteiger partial charge in [0.1, 0.15) is 18.2 Å². The van der Waals surface area contributed by atoms with E-state index < -0.39 is 10.0 Å². The minimum Gasteiger partial charge on any atom is -0.497 e. The van der Waals surface area contributed by atoms with Crippen molar-refractivity contribution >= 4 is 15.9 Å². The van der Waals surface area contributed by atoms with Crippen LogP contribution in [0, 0.1) is 13.8 Å². The molecule has 0 bridgehead atoms. The van der Waals surface area contributed by atoms with Crippen LogP contribution >= 0.6 is 0 Å². The minimum atomic E-state index is -3.71. The SMILES string of the molecule is COc1cc(C)c(S(=O)(=O)N(C)CCOCC(=O)NCc2ccc(-c3cn4c(n3)CCCC4)cc2)c(C)c1. The third-order valence-electron chi connectivity index (χ3n) is 6.77. The van der Waals surface area contributed by atoms with E-state index in [0.29, 0.717) is 23.4 Å². The van der Waals surface area contributed by atoms with E-state index >= 15 is 0 Å². The Morgan fingerprint density at radius 1 is 1.13 bits per heavy atom. The predicted molar refractivity (Wildman–Crippen MR) is 146 cm³/mol. The maximum atomic E-state index is 13.1.